The van der Waals surface area contributed by atoms with Crippen molar-refractivity contribution >= 4 is 46.4 Å². The SMILES string of the molecule is C=CC(=O)Nc1cccnc1CCCCC1CCN(C(=O)c2cccc(N(CCCl)CCCl)c2)CC1. The van der Waals surface area contributed by atoms with Crippen LogP contribution in [-0.4, -0.2) is 59.6 Å². The summed E-state index contributed by atoms with van der Waals surface area (Å²) in [6, 6.07) is 11.5. The Morgan fingerprint density at radius 2 is 1.86 bits per heavy atom. The summed E-state index contributed by atoms with van der Waals surface area (Å²) in [5.41, 5.74) is 3.37. The van der Waals surface area contributed by atoms with E-state index < -0.39 is 0 Å². The van der Waals surface area contributed by atoms with E-state index in [1.165, 1.54) is 6.08 Å². The number of aryl methyl sites for hydroxylation is 1. The maximum atomic E-state index is 13.2. The van der Waals surface area contributed by atoms with Gasteiger partial charge < -0.3 is 15.1 Å². The molecule has 0 bridgehead atoms. The molecule has 8 heteroatoms. The molecule has 0 radical (unpaired) electrons. The predicted molar refractivity (Wildman–Crippen MR) is 149 cm³/mol. The van der Waals surface area contributed by atoms with Crippen molar-refractivity contribution in [2.24, 2.45) is 5.92 Å². The third-order valence-electron chi connectivity index (χ3n) is 6.68. The van der Waals surface area contributed by atoms with E-state index in [9.17, 15) is 9.59 Å². The molecule has 1 saturated heterocycles. The van der Waals surface area contributed by atoms with Gasteiger partial charge in [-0.05, 0) is 68.0 Å². The van der Waals surface area contributed by atoms with E-state index in [0.29, 0.717) is 30.8 Å². The van der Waals surface area contributed by atoms with Crippen molar-refractivity contribution in [1.29, 1.82) is 0 Å². The Hall–Kier alpha value is -2.57. The van der Waals surface area contributed by atoms with Crippen LogP contribution in [0, 0.1) is 5.92 Å². The number of benzene rings is 1. The Bertz CT molecular complexity index is 1000. The van der Waals surface area contributed by atoms with Crippen LogP contribution in [0.15, 0.2) is 55.3 Å². The van der Waals surface area contributed by atoms with E-state index in [4.69, 9.17) is 23.2 Å². The minimum atomic E-state index is -0.222. The summed E-state index contributed by atoms with van der Waals surface area (Å²) in [6.07, 6.45) is 9.16. The van der Waals surface area contributed by atoms with E-state index in [2.05, 4.69) is 21.8 Å². The molecule has 1 N–H and O–H groups in total. The number of pyridine rings is 1. The standard InChI is InChI=1S/C28H36Cl2N4O2/c1-2-27(35)32-26-11-6-16-31-25(26)10-4-3-7-22-12-17-34(18-13-22)28(36)23-8-5-9-24(21-23)33(19-14-29)20-15-30/h2,5-6,8-9,11,16,21-22H,1,3-4,7,10,12-15,17-20H2,(H,32,35). The molecule has 0 spiro atoms. The molecule has 194 valence electrons. The van der Waals surface area contributed by atoms with Gasteiger partial charge in [-0.3, -0.25) is 14.6 Å². The van der Waals surface area contributed by atoms with Gasteiger partial charge in [-0.1, -0.05) is 25.5 Å². The largest absolute Gasteiger partial charge is 0.369 e. The molecule has 0 unspecified atom stereocenters. The molecule has 0 aliphatic carbocycles. The van der Waals surface area contributed by atoms with Crippen molar-refractivity contribution < 1.29 is 9.59 Å². The zero-order chi connectivity index (χ0) is 25.8. The zero-order valence-corrected chi connectivity index (χ0v) is 22.3. The lowest BCUT2D eigenvalue weighted by Crippen LogP contribution is -2.38. The smallest absolute Gasteiger partial charge is 0.253 e. The molecular formula is C28H36Cl2N4O2. The van der Waals surface area contributed by atoms with Gasteiger partial charge in [-0.25, -0.2) is 0 Å². The van der Waals surface area contributed by atoms with Crippen molar-refractivity contribution in [3.8, 4) is 0 Å². The average molecular weight is 532 g/mol. The Kier molecular flexibility index (Phi) is 11.6. The molecule has 1 aliphatic heterocycles. The highest BCUT2D eigenvalue weighted by atomic mass is 35.5. The molecule has 2 aromatic rings. The summed E-state index contributed by atoms with van der Waals surface area (Å²) in [5.74, 6) is 1.53. The molecule has 1 aromatic carbocycles. The number of alkyl halides is 2. The number of nitrogens with one attached hydrogen (secondary N) is 1. The molecule has 3 rings (SSSR count). The topological polar surface area (TPSA) is 65.5 Å². The second-order valence-corrected chi connectivity index (χ2v) is 9.84. The molecule has 1 aliphatic rings. The molecule has 2 amide bonds. The monoisotopic (exact) mass is 530 g/mol. The fraction of sp³-hybridized carbons (Fsp3) is 0.464. The first-order valence-electron chi connectivity index (χ1n) is 12.7. The van der Waals surface area contributed by atoms with E-state index >= 15 is 0 Å². The number of piperidine rings is 1. The van der Waals surface area contributed by atoms with Gasteiger partial charge >= 0.3 is 0 Å². The van der Waals surface area contributed by atoms with Crippen LogP contribution < -0.4 is 10.2 Å². The lowest BCUT2D eigenvalue weighted by Gasteiger charge is -2.32. The van der Waals surface area contributed by atoms with Crippen LogP contribution in [0.5, 0.6) is 0 Å². The summed E-state index contributed by atoms with van der Waals surface area (Å²) in [5, 5.41) is 2.83. The summed E-state index contributed by atoms with van der Waals surface area (Å²) >= 11 is 11.9. The minimum absolute atomic E-state index is 0.0937. The second-order valence-electron chi connectivity index (χ2n) is 9.09. The number of halogens is 2. The van der Waals surface area contributed by atoms with Gasteiger partial charge in [0.15, 0.2) is 0 Å². The van der Waals surface area contributed by atoms with Crippen LogP contribution in [0.1, 0.15) is 48.2 Å². The number of rotatable bonds is 13. The van der Waals surface area contributed by atoms with Gasteiger partial charge in [-0.15, -0.1) is 23.2 Å². The molecule has 1 aromatic heterocycles. The number of carbonyl (C=O) groups is 2. The summed E-state index contributed by atoms with van der Waals surface area (Å²) in [4.78, 5) is 33.3. The van der Waals surface area contributed by atoms with E-state index in [1.807, 2.05) is 41.3 Å². The first-order valence-corrected chi connectivity index (χ1v) is 13.8. The Balaban J connectivity index is 1.44. The Labute approximate surface area is 224 Å². The number of unbranched alkanes of at least 4 members (excludes halogenated alkanes) is 1. The fourth-order valence-corrected chi connectivity index (χ4v) is 5.09. The number of aromatic nitrogens is 1. The third kappa shape index (κ3) is 8.24. The van der Waals surface area contributed by atoms with Crippen LogP contribution in [-0.2, 0) is 11.2 Å². The lowest BCUT2D eigenvalue weighted by atomic mass is 9.90. The first kappa shape index (κ1) is 28.0. The van der Waals surface area contributed by atoms with Crippen molar-refractivity contribution in [3.05, 3.63) is 66.5 Å². The highest BCUT2D eigenvalue weighted by molar-refractivity contribution is 6.18. The second kappa shape index (κ2) is 14.9. The van der Waals surface area contributed by atoms with Crippen molar-refractivity contribution in [3.63, 3.8) is 0 Å². The molecule has 1 fully saturated rings. The van der Waals surface area contributed by atoms with Gasteiger partial charge in [-0.2, -0.15) is 0 Å². The lowest BCUT2D eigenvalue weighted by molar-refractivity contribution is -0.111. The normalized spacial score (nSPS) is 13.9. The number of nitrogens with zero attached hydrogens (tertiary/aromatic N) is 3. The van der Waals surface area contributed by atoms with E-state index in [1.54, 1.807) is 6.20 Å². The van der Waals surface area contributed by atoms with E-state index in [-0.39, 0.29) is 11.8 Å². The molecule has 0 saturated carbocycles. The Morgan fingerprint density at radius 3 is 2.56 bits per heavy atom. The molecule has 6 nitrogen and oxygen atoms in total. The van der Waals surface area contributed by atoms with Gasteiger partial charge in [0.2, 0.25) is 5.91 Å². The first-order chi connectivity index (χ1) is 17.5. The minimum Gasteiger partial charge on any atom is -0.369 e. The molecule has 2 heterocycles. The molecule has 36 heavy (non-hydrogen) atoms. The quantitative estimate of drug-likeness (QED) is 0.203. The highest BCUT2D eigenvalue weighted by Crippen LogP contribution is 2.26. The van der Waals surface area contributed by atoms with Gasteiger partial charge in [0, 0.05) is 55.4 Å². The van der Waals surface area contributed by atoms with Crippen molar-refractivity contribution in [2.45, 2.75) is 38.5 Å². The third-order valence-corrected chi connectivity index (χ3v) is 7.02. The summed E-state index contributed by atoms with van der Waals surface area (Å²) in [6.45, 7) is 6.48. The summed E-state index contributed by atoms with van der Waals surface area (Å²) in [7, 11) is 0. The average Bonchev–Trinajstić information content (AvgIpc) is 2.91. The number of carbonyl (C=O) groups excluding carboxylic acids is 2. The number of hydrogen-bond donors (Lipinski definition) is 1. The number of hydrogen-bond acceptors (Lipinski definition) is 4. The maximum absolute atomic E-state index is 13.2. The fourth-order valence-electron chi connectivity index (χ4n) is 4.68. The highest BCUT2D eigenvalue weighted by Gasteiger charge is 2.24. The van der Waals surface area contributed by atoms with E-state index in [0.717, 1.165) is 74.2 Å². The van der Waals surface area contributed by atoms with Gasteiger partial charge in [0.05, 0.1) is 11.4 Å². The van der Waals surface area contributed by atoms with Crippen molar-refractivity contribution in [2.75, 3.05) is 48.2 Å². The summed E-state index contributed by atoms with van der Waals surface area (Å²) < 4.78 is 0. The number of amides is 2. The number of likely N-dealkylation sites (tertiary alicyclic amines) is 1. The zero-order valence-electron chi connectivity index (χ0n) is 20.8. The van der Waals surface area contributed by atoms with Gasteiger partial charge in [0.25, 0.3) is 5.91 Å². The van der Waals surface area contributed by atoms with Crippen LogP contribution in [0.2, 0.25) is 0 Å². The van der Waals surface area contributed by atoms with Crippen LogP contribution in [0.25, 0.3) is 0 Å². The van der Waals surface area contributed by atoms with Crippen LogP contribution in [0.3, 0.4) is 0 Å². The maximum Gasteiger partial charge on any atom is 0.253 e. The predicted octanol–water partition coefficient (Wildman–Crippen LogP) is 5.76. The Morgan fingerprint density at radius 1 is 1.11 bits per heavy atom. The van der Waals surface area contributed by atoms with Gasteiger partial charge in [0.1, 0.15) is 0 Å². The van der Waals surface area contributed by atoms with Crippen LogP contribution >= 0.6 is 23.2 Å². The number of anilines is 2. The van der Waals surface area contributed by atoms with Crippen LogP contribution in [0.4, 0.5) is 11.4 Å². The molecule has 0 atom stereocenters. The molecular weight excluding hydrogens is 495 g/mol. The van der Waals surface area contributed by atoms with Crippen molar-refractivity contribution in [1.82, 2.24) is 9.88 Å².